The van der Waals surface area contributed by atoms with Gasteiger partial charge in [-0.1, -0.05) is 57.0 Å². The summed E-state index contributed by atoms with van der Waals surface area (Å²) < 4.78 is 19.0. The van der Waals surface area contributed by atoms with Gasteiger partial charge in [-0.15, -0.1) is 0 Å². The first kappa shape index (κ1) is 26.7. The van der Waals surface area contributed by atoms with Crippen LogP contribution >= 0.6 is 11.6 Å². The number of nitrogens with one attached hydrogen (secondary N) is 3. The lowest BCUT2D eigenvalue weighted by Gasteiger charge is -2.43. The first-order valence-electron chi connectivity index (χ1n) is 14.2. The molecule has 0 aromatic heterocycles. The van der Waals surface area contributed by atoms with Crippen molar-refractivity contribution in [1.82, 2.24) is 16.0 Å². The Balaban J connectivity index is 1.10. The van der Waals surface area contributed by atoms with Gasteiger partial charge in [-0.25, -0.2) is 4.39 Å². The molecule has 0 spiro atoms. The third-order valence-electron chi connectivity index (χ3n) is 9.63. The van der Waals surface area contributed by atoms with Gasteiger partial charge in [-0.2, -0.15) is 0 Å². The Hall–Kier alpha value is -1.86. The van der Waals surface area contributed by atoms with Gasteiger partial charge in [0.2, 0.25) is 5.91 Å². The molecule has 1 saturated heterocycles. The molecule has 4 aliphatic carbocycles. The number of carbonyl (C=O) groups is 2. The number of hydrogen-bond acceptors (Lipinski definition) is 4. The Labute approximate surface area is 224 Å². The second kappa shape index (κ2) is 11.5. The van der Waals surface area contributed by atoms with Crippen molar-refractivity contribution in [3.05, 3.63) is 29.0 Å². The summed E-state index contributed by atoms with van der Waals surface area (Å²) in [7, 11) is 0. The topological polar surface area (TPSA) is 79.5 Å². The zero-order valence-electron chi connectivity index (χ0n) is 21.9. The van der Waals surface area contributed by atoms with Crippen LogP contribution in [0.4, 0.5) is 4.39 Å². The largest absolute Gasteiger partial charge is 0.484 e. The number of rotatable bonds is 8. The van der Waals surface area contributed by atoms with E-state index in [0.717, 1.165) is 25.3 Å². The molecular formula is C29H41ClFN3O3. The van der Waals surface area contributed by atoms with Crippen molar-refractivity contribution in [3.63, 3.8) is 0 Å². The van der Waals surface area contributed by atoms with Gasteiger partial charge in [0.1, 0.15) is 11.6 Å². The van der Waals surface area contributed by atoms with E-state index in [1.807, 2.05) is 0 Å². The van der Waals surface area contributed by atoms with Gasteiger partial charge in [0.05, 0.1) is 10.4 Å². The number of amides is 2. The molecule has 204 valence electrons. The van der Waals surface area contributed by atoms with E-state index in [9.17, 15) is 14.0 Å². The van der Waals surface area contributed by atoms with Crippen molar-refractivity contribution in [2.75, 3.05) is 19.7 Å². The van der Waals surface area contributed by atoms with Gasteiger partial charge in [-0.3, -0.25) is 9.59 Å². The zero-order chi connectivity index (χ0) is 26.0. The van der Waals surface area contributed by atoms with E-state index >= 15 is 0 Å². The highest BCUT2D eigenvalue weighted by Crippen LogP contribution is 2.59. The van der Waals surface area contributed by atoms with Crippen LogP contribution in [-0.2, 0) is 9.59 Å². The molecule has 3 N–H and O–H groups in total. The van der Waals surface area contributed by atoms with Crippen molar-refractivity contribution in [1.29, 1.82) is 0 Å². The number of hydrogen-bond donors (Lipinski definition) is 3. The average Bonchev–Trinajstić information content (AvgIpc) is 3.26. The fourth-order valence-corrected chi connectivity index (χ4v) is 7.82. The zero-order valence-corrected chi connectivity index (χ0v) is 22.6. The fraction of sp³-hybridized carbons (Fsp3) is 0.724. The summed E-state index contributed by atoms with van der Waals surface area (Å²) in [4.78, 5) is 25.8. The first-order valence-corrected chi connectivity index (χ1v) is 14.6. The van der Waals surface area contributed by atoms with Crippen LogP contribution in [0, 0.1) is 34.9 Å². The SMILES string of the molecule is CC1CCNC(CNC(=O)C23CC(C2)[C@@H](NC(=O)COc2ccc(Cl)c(F)c2)C3)C1C1CCCCCC1. The molecule has 4 atom stereocenters. The Morgan fingerprint density at radius 1 is 1.11 bits per heavy atom. The van der Waals surface area contributed by atoms with Crippen LogP contribution in [0.3, 0.4) is 0 Å². The third kappa shape index (κ3) is 5.93. The predicted octanol–water partition coefficient (Wildman–Crippen LogP) is 4.84. The summed E-state index contributed by atoms with van der Waals surface area (Å²) in [5, 5.41) is 10.1. The molecule has 6 nitrogen and oxygen atoms in total. The predicted molar refractivity (Wildman–Crippen MR) is 142 cm³/mol. The van der Waals surface area contributed by atoms with Crippen LogP contribution < -0.4 is 20.7 Å². The molecule has 3 unspecified atom stereocenters. The van der Waals surface area contributed by atoms with Crippen LogP contribution in [0.15, 0.2) is 18.2 Å². The number of ether oxygens (including phenoxy) is 1. The smallest absolute Gasteiger partial charge is 0.258 e. The standard InChI is InChI=1S/C29H41ClFN3O3/c1-18-10-11-32-25(27(18)19-6-4-2-3-5-7-19)16-33-28(36)29-13-20(14-29)24(15-29)34-26(35)17-37-21-8-9-22(30)23(31)12-21/h8-9,12,18-20,24-25,27,32H,2-7,10-11,13-17H2,1H3,(H,33,36)(H,34,35)/t18?,20?,24-,25?,27?,29?/m0/s1. The second-order valence-electron chi connectivity index (χ2n) is 12.1. The number of piperidine rings is 1. The molecule has 2 amide bonds. The van der Waals surface area contributed by atoms with Crippen molar-refractivity contribution >= 4 is 23.4 Å². The lowest BCUT2D eigenvalue weighted by atomic mass is 9.68. The highest BCUT2D eigenvalue weighted by Gasteiger charge is 2.60. The molecule has 1 aliphatic heterocycles. The highest BCUT2D eigenvalue weighted by molar-refractivity contribution is 6.30. The summed E-state index contributed by atoms with van der Waals surface area (Å²) in [6, 6.07) is 4.43. The van der Waals surface area contributed by atoms with E-state index in [1.54, 1.807) is 0 Å². The summed E-state index contributed by atoms with van der Waals surface area (Å²) >= 11 is 5.69. The first-order chi connectivity index (χ1) is 17.8. The Morgan fingerprint density at radius 3 is 2.59 bits per heavy atom. The van der Waals surface area contributed by atoms with Gasteiger partial charge < -0.3 is 20.7 Å². The highest BCUT2D eigenvalue weighted by atomic mass is 35.5. The second-order valence-corrected chi connectivity index (χ2v) is 12.5. The van der Waals surface area contributed by atoms with E-state index in [-0.39, 0.29) is 40.7 Å². The number of carbonyl (C=O) groups excluding carboxylic acids is 2. The van der Waals surface area contributed by atoms with Crippen molar-refractivity contribution < 1.29 is 18.7 Å². The molecular weight excluding hydrogens is 493 g/mol. The Morgan fingerprint density at radius 2 is 1.86 bits per heavy atom. The number of benzene rings is 1. The van der Waals surface area contributed by atoms with Crippen molar-refractivity contribution in [2.24, 2.45) is 29.1 Å². The van der Waals surface area contributed by atoms with Gasteiger partial charge in [0, 0.05) is 24.7 Å². The minimum absolute atomic E-state index is 0.0137. The van der Waals surface area contributed by atoms with Gasteiger partial charge in [0.15, 0.2) is 6.61 Å². The summed E-state index contributed by atoms with van der Waals surface area (Å²) in [5.74, 6) is 1.98. The van der Waals surface area contributed by atoms with E-state index in [4.69, 9.17) is 16.3 Å². The average molecular weight is 534 g/mol. The number of fused-ring (bicyclic) bond motifs is 1. The molecule has 37 heavy (non-hydrogen) atoms. The molecule has 5 fully saturated rings. The van der Waals surface area contributed by atoms with E-state index in [2.05, 4.69) is 22.9 Å². The van der Waals surface area contributed by atoms with Crippen LogP contribution in [0.5, 0.6) is 5.75 Å². The van der Waals surface area contributed by atoms with Crippen molar-refractivity contribution in [3.8, 4) is 5.75 Å². The maximum absolute atomic E-state index is 13.6. The minimum atomic E-state index is -0.581. The molecule has 5 aliphatic rings. The Bertz CT molecular complexity index is 977. The molecule has 2 bridgehead atoms. The van der Waals surface area contributed by atoms with Crippen LogP contribution in [0.25, 0.3) is 0 Å². The van der Waals surface area contributed by atoms with Crippen LogP contribution in [0.2, 0.25) is 5.02 Å². The Kier molecular flexibility index (Phi) is 8.30. The molecule has 0 radical (unpaired) electrons. The molecule has 8 heteroatoms. The number of halogens is 2. The summed E-state index contributed by atoms with van der Waals surface area (Å²) in [6.45, 7) is 3.92. The maximum Gasteiger partial charge on any atom is 0.258 e. The molecule has 1 aromatic rings. The molecule has 1 aromatic carbocycles. The third-order valence-corrected chi connectivity index (χ3v) is 9.94. The van der Waals surface area contributed by atoms with E-state index < -0.39 is 5.82 Å². The van der Waals surface area contributed by atoms with Gasteiger partial charge >= 0.3 is 0 Å². The fourth-order valence-electron chi connectivity index (χ4n) is 7.70. The maximum atomic E-state index is 13.6. The molecule has 1 heterocycles. The van der Waals surface area contributed by atoms with Crippen molar-refractivity contribution in [2.45, 2.75) is 83.2 Å². The van der Waals surface area contributed by atoms with E-state index in [1.165, 1.54) is 63.1 Å². The summed E-state index contributed by atoms with van der Waals surface area (Å²) in [6.07, 6.45) is 11.6. The summed E-state index contributed by atoms with van der Waals surface area (Å²) in [5.41, 5.74) is -0.360. The molecule has 6 rings (SSSR count). The van der Waals surface area contributed by atoms with Gasteiger partial charge in [0.25, 0.3) is 5.91 Å². The lowest BCUT2D eigenvalue weighted by Crippen LogP contribution is -2.55. The van der Waals surface area contributed by atoms with Crippen LogP contribution in [0.1, 0.15) is 71.1 Å². The normalized spacial score (nSPS) is 33.8. The lowest BCUT2D eigenvalue weighted by molar-refractivity contribution is -0.135. The quantitative estimate of drug-likeness (QED) is 0.418. The van der Waals surface area contributed by atoms with Gasteiger partial charge in [-0.05, 0) is 68.0 Å². The monoisotopic (exact) mass is 533 g/mol. The molecule has 4 saturated carbocycles. The van der Waals surface area contributed by atoms with Crippen LogP contribution in [-0.4, -0.2) is 43.6 Å². The minimum Gasteiger partial charge on any atom is -0.484 e. The van der Waals surface area contributed by atoms with E-state index in [0.29, 0.717) is 36.8 Å².